The summed E-state index contributed by atoms with van der Waals surface area (Å²) in [5.41, 5.74) is 0.508. The van der Waals surface area contributed by atoms with Crippen molar-refractivity contribution in [2.75, 3.05) is 11.9 Å². The zero-order valence-corrected chi connectivity index (χ0v) is 16.4. The molecule has 1 amide bonds. The first kappa shape index (κ1) is 23.3. The number of benzene rings is 2. The Labute approximate surface area is 178 Å². The van der Waals surface area contributed by atoms with Crippen LogP contribution in [0, 0.1) is 0 Å². The van der Waals surface area contributed by atoms with Gasteiger partial charge in [0.15, 0.2) is 0 Å². The molecule has 0 saturated carbocycles. The number of hydrogen-bond acceptors (Lipinski definition) is 3. The van der Waals surface area contributed by atoms with Crippen molar-refractivity contribution < 1.29 is 35.9 Å². The lowest BCUT2D eigenvalue weighted by Crippen LogP contribution is -2.17. The Kier molecular flexibility index (Phi) is 6.87. The van der Waals surface area contributed by atoms with Gasteiger partial charge in [-0.3, -0.25) is 9.48 Å². The molecule has 0 unspecified atom stereocenters. The van der Waals surface area contributed by atoms with E-state index in [1.54, 1.807) is 0 Å². The number of carbonyl (C=O) groups excluding carboxylic acids is 1. The summed E-state index contributed by atoms with van der Waals surface area (Å²) in [6, 6.07) is 10.7. The van der Waals surface area contributed by atoms with Crippen LogP contribution in [0.15, 0.2) is 60.9 Å². The van der Waals surface area contributed by atoms with Gasteiger partial charge >= 0.3 is 12.4 Å². The van der Waals surface area contributed by atoms with Gasteiger partial charge in [-0.2, -0.15) is 31.4 Å². The lowest BCUT2D eigenvalue weighted by molar-refractivity contribution is -0.176. The van der Waals surface area contributed by atoms with Crippen molar-refractivity contribution in [1.82, 2.24) is 9.78 Å². The van der Waals surface area contributed by atoms with E-state index >= 15 is 0 Å². The standard InChI is InChI=1S/C21H17F6N3O2/c22-20(23,24)13-32-12-15-4-1-5-16(7-15)19(31)29-18-9-28-30(11-18)10-14-3-2-6-17(8-14)21(25,26)27/h1-9,11H,10,12-13H2,(H,29,31). The SMILES string of the molecule is O=C(Nc1cnn(Cc2cccc(C(F)(F)F)c2)c1)c1cccc(COCC(F)(F)F)c1. The molecule has 0 aliphatic carbocycles. The average Bonchev–Trinajstić information content (AvgIpc) is 3.13. The topological polar surface area (TPSA) is 56.2 Å². The second kappa shape index (κ2) is 9.43. The van der Waals surface area contributed by atoms with Crippen molar-refractivity contribution in [3.05, 3.63) is 83.2 Å². The molecular weight excluding hydrogens is 440 g/mol. The summed E-state index contributed by atoms with van der Waals surface area (Å²) in [6.45, 7) is -1.64. The number of ether oxygens (including phenoxy) is 1. The quantitative estimate of drug-likeness (QED) is 0.491. The Hall–Kier alpha value is -3.34. The molecule has 1 N–H and O–H groups in total. The molecule has 0 atom stereocenters. The van der Waals surface area contributed by atoms with Gasteiger partial charge in [-0.1, -0.05) is 24.3 Å². The molecule has 0 saturated heterocycles. The molecule has 1 aromatic heterocycles. The van der Waals surface area contributed by atoms with Crippen LogP contribution in [0.3, 0.4) is 0 Å². The van der Waals surface area contributed by atoms with Crippen LogP contribution in [0.1, 0.15) is 27.0 Å². The van der Waals surface area contributed by atoms with Crippen LogP contribution in [0.5, 0.6) is 0 Å². The van der Waals surface area contributed by atoms with Crippen molar-refractivity contribution in [2.24, 2.45) is 0 Å². The number of halogens is 6. The third-order valence-electron chi connectivity index (χ3n) is 4.21. The number of hydrogen-bond donors (Lipinski definition) is 1. The molecule has 0 bridgehead atoms. The van der Waals surface area contributed by atoms with E-state index in [9.17, 15) is 31.1 Å². The molecule has 0 aliphatic heterocycles. The fourth-order valence-corrected chi connectivity index (χ4v) is 2.84. The Balaban J connectivity index is 1.61. The molecule has 170 valence electrons. The highest BCUT2D eigenvalue weighted by Gasteiger charge is 2.30. The highest BCUT2D eigenvalue weighted by atomic mass is 19.4. The lowest BCUT2D eigenvalue weighted by atomic mass is 10.1. The molecule has 3 aromatic rings. The summed E-state index contributed by atoms with van der Waals surface area (Å²) in [5.74, 6) is -0.527. The summed E-state index contributed by atoms with van der Waals surface area (Å²) in [7, 11) is 0. The summed E-state index contributed by atoms with van der Waals surface area (Å²) >= 11 is 0. The average molecular weight is 457 g/mol. The summed E-state index contributed by atoms with van der Waals surface area (Å²) < 4.78 is 81.0. The molecule has 0 fully saturated rings. The van der Waals surface area contributed by atoms with Crippen molar-refractivity contribution in [3.63, 3.8) is 0 Å². The van der Waals surface area contributed by atoms with Crippen molar-refractivity contribution in [2.45, 2.75) is 25.5 Å². The van der Waals surface area contributed by atoms with Gasteiger partial charge in [-0.25, -0.2) is 0 Å². The zero-order chi connectivity index (χ0) is 23.4. The second-order valence-corrected chi connectivity index (χ2v) is 6.89. The van der Waals surface area contributed by atoms with E-state index in [2.05, 4.69) is 15.2 Å². The fourth-order valence-electron chi connectivity index (χ4n) is 2.84. The maximum absolute atomic E-state index is 12.8. The zero-order valence-electron chi connectivity index (χ0n) is 16.4. The molecule has 1 heterocycles. The molecular formula is C21H17F6N3O2. The van der Waals surface area contributed by atoms with Gasteiger partial charge in [0.25, 0.3) is 5.91 Å². The van der Waals surface area contributed by atoms with Crippen molar-refractivity contribution >= 4 is 11.6 Å². The molecule has 0 spiro atoms. The first-order valence-corrected chi connectivity index (χ1v) is 9.23. The molecule has 0 aliphatic rings. The van der Waals surface area contributed by atoms with Crippen LogP contribution in [-0.2, 0) is 24.1 Å². The molecule has 32 heavy (non-hydrogen) atoms. The maximum Gasteiger partial charge on any atom is 0.416 e. The van der Waals surface area contributed by atoms with E-state index in [0.29, 0.717) is 16.8 Å². The van der Waals surface area contributed by atoms with E-state index in [-0.39, 0.29) is 18.7 Å². The second-order valence-electron chi connectivity index (χ2n) is 6.89. The summed E-state index contributed by atoms with van der Waals surface area (Å²) in [4.78, 5) is 12.4. The lowest BCUT2D eigenvalue weighted by Gasteiger charge is -2.09. The van der Waals surface area contributed by atoms with Crippen molar-refractivity contribution in [3.8, 4) is 0 Å². The van der Waals surface area contributed by atoms with Crippen LogP contribution in [0.4, 0.5) is 32.0 Å². The number of anilines is 1. The predicted octanol–water partition coefficient (Wildman–Crippen LogP) is 5.28. The number of nitrogens with one attached hydrogen (secondary N) is 1. The number of amides is 1. The maximum atomic E-state index is 12.8. The minimum absolute atomic E-state index is 0.0613. The molecule has 0 radical (unpaired) electrons. The van der Waals surface area contributed by atoms with Crippen LogP contribution >= 0.6 is 0 Å². The first-order chi connectivity index (χ1) is 15.0. The van der Waals surface area contributed by atoms with E-state index in [0.717, 1.165) is 12.1 Å². The number of aromatic nitrogens is 2. The Bertz CT molecular complexity index is 1080. The summed E-state index contributed by atoms with van der Waals surface area (Å²) in [6.07, 6.45) is -6.11. The fraction of sp³-hybridized carbons (Fsp3) is 0.238. The van der Waals surface area contributed by atoms with Gasteiger partial charge < -0.3 is 10.1 Å². The van der Waals surface area contributed by atoms with E-state index in [1.165, 1.54) is 53.5 Å². The van der Waals surface area contributed by atoms with Crippen LogP contribution < -0.4 is 5.32 Å². The Morgan fingerprint density at radius 3 is 2.44 bits per heavy atom. The first-order valence-electron chi connectivity index (χ1n) is 9.23. The minimum Gasteiger partial charge on any atom is -0.367 e. The Morgan fingerprint density at radius 2 is 1.72 bits per heavy atom. The third kappa shape index (κ3) is 6.84. The number of nitrogens with zero attached hydrogens (tertiary/aromatic N) is 2. The van der Waals surface area contributed by atoms with E-state index in [1.807, 2.05) is 0 Å². The minimum atomic E-state index is -4.45. The predicted molar refractivity (Wildman–Crippen MR) is 103 cm³/mol. The van der Waals surface area contributed by atoms with Gasteiger partial charge in [-0.05, 0) is 35.4 Å². The third-order valence-corrected chi connectivity index (χ3v) is 4.21. The van der Waals surface area contributed by atoms with Crippen LogP contribution in [0.25, 0.3) is 0 Å². The highest BCUT2D eigenvalue weighted by Crippen LogP contribution is 2.29. The summed E-state index contributed by atoms with van der Waals surface area (Å²) in [5, 5.41) is 6.61. The van der Waals surface area contributed by atoms with Gasteiger partial charge in [0, 0.05) is 11.8 Å². The molecule has 5 nitrogen and oxygen atoms in total. The number of carbonyl (C=O) groups is 1. The van der Waals surface area contributed by atoms with E-state index < -0.39 is 30.4 Å². The van der Waals surface area contributed by atoms with Crippen LogP contribution in [-0.4, -0.2) is 28.5 Å². The highest BCUT2D eigenvalue weighted by molar-refractivity contribution is 6.04. The smallest absolute Gasteiger partial charge is 0.367 e. The Morgan fingerprint density at radius 1 is 1.00 bits per heavy atom. The normalized spacial score (nSPS) is 12.1. The van der Waals surface area contributed by atoms with Gasteiger partial charge in [-0.15, -0.1) is 0 Å². The van der Waals surface area contributed by atoms with Crippen molar-refractivity contribution in [1.29, 1.82) is 0 Å². The van der Waals surface area contributed by atoms with E-state index in [4.69, 9.17) is 0 Å². The molecule has 2 aromatic carbocycles. The van der Waals surface area contributed by atoms with Gasteiger partial charge in [0.2, 0.25) is 0 Å². The number of rotatable bonds is 7. The monoisotopic (exact) mass is 457 g/mol. The number of alkyl halides is 6. The van der Waals surface area contributed by atoms with Gasteiger partial charge in [0.1, 0.15) is 6.61 Å². The molecule has 3 rings (SSSR count). The van der Waals surface area contributed by atoms with Crippen LogP contribution in [0.2, 0.25) is 0 Å². The largest absolute Gasteiger partial charge is 0.416 e. The van der Waals surface area contributed by atoms with Gasteiger partial charge in [0.05, 0.1) is 30.6 Å². The molecule has 11 heteroatoms.